The van der Waals surface area contributed by atoms with E-state index in [-0.39, 0.29) is 21.8 Å². The van der Waals surface area contributed by atoms with E-state index in [9.17, 15) is 22.8 Å². The first-order valence-corrected chi connectivity index (χ1v) is 8.13. The van der Waals surface area contributed by atoms with Crippen LogP contribution in [0.25, 0.3) is 11.3 Å². The number of anilines is 1. The number of halogens is 3. The third kappa shape index (κ3) is 2.48. The molecule has 2 aromatic carbocycles. The predicted molar refractivity (Wildman–Crippen MR) is 87.9 cm³/mol. The van der Waals surface area contributed by atoms with Crippen molar-refractivity contribution in [2.45, 2.75) is 6.18 Å². The summed E-state index contributed by atoms with van der Waals surface area (Å²) in [4.78, 5) is 26.1. The number of imide groups is 1. The standard InChI is InChI=1S/C17H8F3N3O2S/c18-17(19,20)10-7-5-9(6-8-10)13-16(26-22-21-13)23-14(24)11-3-1-2-4-12(11)15(23)25/h1-8H. The average molecular weight is 375 g/mol. The van der Waals surface area contributed by atoms with Gasteiger partial charge in [-0.25, -0.2) is 4.90 Å². The second-order valence-corrected chi connectivity index (χ2v) is 6.23. The van der Waals surface area contributed by atoms with Gasteiger partial charge >= 0.3 is 6.18 Å². The Labute approximate surface area is 148 Å². The van der Waals surface area contributed by atoms with Gasteiger partial charge in [-0.05, 0) is 24.3 Å². The van der Waals surface area contributed by atoms with Gasteiger partial charge in [-0.2, -0.15) is 13.2 Å². The van der Waals surface area contributed by atoms with E-state index in [1.807, 2.05) is 0 Å². The zero-order valence-corrected chi connectivity index (χ0v) is 13.6. The molecule has 0 unspecified atom stereocenters. The molecule has 0 atom stereocenters. The van der Waals surface area contributed by atoms with E-state index in [2.05, 4.69) is 9.59 Å². The summed E-state index contributed by atoms with van der Waals surface area (Å²) in [6.45, 7) is 0. The molecular weight excluding hydrogens is 367 g/mol. The van der Waals surface area contributed by atoms with Crippen LogP contribution in [0.5, 0.6) is 0 Å². The molecule has 0 spiro atoms. The van der Waals surface area contributed by atoms with Gasteiger partial charge in [0.05, 0.1) is 16.7 Å². The molecule has 9 heteroatoms. The van der Waals surface area contributed by atoms with Crippen LogP contribution in [0.2, 0.25) is 0 Å². The maximum absolute atomic E-state index is 12.7. The Balaban J connectivity index is 1.75. The normalized spacial score (nSPS) is 14.0. The number of benzene rings is 2. The van der Waals surface area contributed by atoms with Crippen LogP contribution in [0.4, 0.5) is 18.2 Å². The summed E-state index contributed by atoms with van der Waals surface area (Å²) in [6.07, 6.45) is -4.45. The minimum atomic E-state index is -4.45. The first-order chi connectivity index (χ1) is 12.4. The molecule has 4 rings (SSSR count). The lowest BCUT2D eigenvalue weighted by Crippen LogP contribution is -2.29. The monoisotopic (exact) mass is 375 g/mol. The zero-order chi connectivity index (χ0) is 18.5. The van der Waals surface area contributed by atoms with Crippen LogP contribution in [-0.4, -0.2) is 21.4 Å². The summed E-state index contributed by atoms with van der Waals surface area (Å²) in [5.74, 6) is -1.02. The van der Waals surface area contributed by atoms with E-state index in [0.717, 1.165) is 28.6 Å². The zero-order valence-electron chi connectivity index (χ0n) is 12.8. The topological polar surface area (TPSA) is 63.2 Å². The first-order valence-electron chi connectivity index (χ1n) is 7.36. The highest BCUT2D eigenvalue weighted by molar-refractivity contribution is 7.11. The average Bonchev–Trinajstić information content (AvgIpc) is 3.18. The van der Waals surface area contributed by atoms with E-state index in [0.29, 0.717) is 5.56 Å². The van der Waals surface area contributed by atoms with E-state index >= 15 is 0 Å². The summed E-state index contributed by atoms with van der Waals surface area (Å²) >= 11 is 0.830. The molecule has 130 valence electrons. The fraction of sp³-hybridized carbons (Fsp3) is 0.0588. The molecule has 0 saturated carbocycles. The molecule has 0 saturated heterocycles. The lowest BCUT2D eigenvalue weighted by atomic mass is 10.1. The van der Waals surface area contributed by atoms with Gasteiger partial charge < -0.3 is 0 Å². The van der Waals surface area contributed by atoms with Crippen LogP contribution in [0, 0.1) is 0 Å². The smallest absolute Gasteiger partial charge is 0.268 e. The van der Waals surface area contributed by atoms with E-state index in [1.165, 1.54) is 12.1 Å². The Morgan fingerprint density at radius 1 is 0.885 bits per heavy atom. The summed E-state index contributed by atoms with van der Waals surface area (Å²) < 4.78 is 41.9. The lowest BCUT2D eigenvalue weighted by molar-refractivity contribution is -0.137. The number of rotatable bonds is 2. The molecule has 1 aliphatic heterocycles. The number of carbonyl (C=O) groups is 2. The quantitative estimate of drug-likeness (QED) is 0.635. The third-order valence-corrected chi connectivity index (χ3v) is 4.67. The molecule has 0 bridgehead atoms. The second kappa shape index (κ2) is 5.73. The Morgan fingerprint density at radius 2 is 1.46 bits per heavy atom. The van der Waals surface area contributed by atoms with Gasteiger partial charge in [-0.1, -0.05) is 28.8 Å². The van der Waals surface area contributed by atoms with E-state index < -0.39 is 23.6 Å². The highest BCUT2D eigenvalue weighted by Crippen LogP contribution is 2.38. The van der Waals surface area contributed by atoms with E-state index in [4.69, 9.17) is 0 Å². The molecule has 2 amide bonds. The molecule has 2 heterocycles. The number of hydrogen-bond donors (Lipinski definition) is 0. The fourth-order valence-corrected chi connectivity index (χ4v) is 3.40. The highest BCUT2D eigenvalue weighted by Gasteiger charge is 2.39. The van der Waals surface area contributed by atoms with Crippen LogP contribution >= 0.6 is 11.5 Å². The van der Waals surface area contributed by atoms with Gasteiger partial charge in [0.25, 0.3) is 11.8 Å². The highest BCUT2D eigenvalue weighted by atomic mass is 32.1. The lowest BCUT2D eigenvalue weighted by Gasteiger charge is -2.12. The number of nitrogens with zero attached hydrogens (tertiary/aromatic N) is 3. The fourth-order valence-electron chi connectivity index (χ4n) is 2.70. The number of alkyl halides is 3. The number of fused-ring (bicyclic) bond motifs is 1. The Morgan fingerprint density at radius 3 is 2.00 bits per heavy atom. The Kier molecular flexibility index (Phi) is 3.62. The minimum Gasteiger partial charge on any atom is -0.268 e. The largest absolute Gasteiger partial charge is 0.416 e. The molecule has 0 aliphatic carbocycles. The second-order valence-electron chi connectivity index (χ2n) is 5.49. The predicted octanol–water partition coefficient (Wildman–Crippen LogP) is 4.02. The van der Waals surface area contributed by atoms with Gasteiger partial charge in [0.15, 0.2) is 5.00 Å². The van der Waals surface area contributed by atoms with Crippen molar-refractivity contribution in [2.24, 2.45) is 0 Å². The van der Waals surface area contributed by atoms with Crippen LogP contribution in [0.3, 0.4) is 0 Å². The molecule has 5 nitrogen and oxygen atoms in total. The molecule has 3 aromatic rings. The summed E-state index contributed by atoms with van der Waals surface area (Å²) in [7, 11) is 0. The van der Waals surface area contributed by atoms with E-state index in [1.54, 1.807) is 24.3 Å². The molecule has 1 aliphatic rings. The van der Waals surface area contributed by atoms with Crippen LogP contribution in [0.15, 0.2) is 48.5 Å². The first kappa shape index (κ1) is 16.4. The summed E-state index contributed by atoms with van der Waals surface area (Å²) in [5.41, 5.74) is 0.247. The van der Waals surface area contributed by atoms with Crippen molar-refractivity contribution in [3.05, 3.63) is 65.2 Å². The number of hydrogen-bond acceptors (Lipinski definition) is 5. The SMILES string of the molecule is O=C1c2ccccc2C(=O)N1c1snnc1-c1ccc(C(F)(F)F)cc1. The van der Waals surface area contributed by atoms with Crippen molar-refractivity contribution in [3.63, 3.8) is 0 Å². The van der Waals surface area contributed by atoms with Gasteiger partial charge in [0.1, 0.15) is 5.69 Å². The van der Waals surface area contributed by atoms with Crippen molar-refractivity contribution in [3.8, 4) is 11.3 Å². The van der Waals surface area contributed by atoms with Gasteiger partial charge in [0.2, 0.25) is 0 Å². The molecular formula is C17H8F3N3O2S. The number of aromatic nitrogens is 2. The summed E-state index contributed by atoms with van der Waals surface area (Å²) in [5, 5.41) is 4.07. The molecule has 0 N–H and O–H groups in total. The Hall–Kier alpha value is -3.07. The van der Waals surface area contributed by atoms with Gasteiger partial charge in [-0.15, -0.1) is 5.10 Å². The Bertz CT molecular complexity index is 993. The molecule has 26 heavy (non-hydrogen) atoms. The van der Waals surface area contributed by atoms with Crippen LogP contribution in [-0.2, 0) is 6.18 Å². The van der Waals surface area contributed by atoms with Gasteiger partial charge in [0, 0.05) is 17.1 Å². The molecule has 0 radical (unpaired) electrons. The maximum Gasteiger partial charge on any atom is 0.416 e. The maximum atomic E-state index is 12.7. The summed E-state index contributed by atoms with van der Waals surface area (Å²) in [6, 6.07) is 10.7. The minimum absolute atomic E-state index is 0.177. The number of carbonyl (C=O) groups excluding carboxylic acids is 2. The van der Waals surface area contributed by atoms with Crippen molar-refractivity contribution in [1.82, 2.24) is 9.59 Å². The molecule has 0 fully saturated rings. The molecule has 1 aromatic heterocycles. The third-order valence-electron chi connectivity index (χ3n) is 3.95. The van der Waals surface area contributed by atoms with Crippen molar-refractivity contribution in [2.75, 3.05) is 4.90 Å². The van der Waals surface area contributed by atoms with Crippen molar-refractivity contribution >= 4 is 28.3 Å². The van der Waals surface area contributed by atoms with Crippen molar-refractivity contribution in [1.29, 1.82) is 0 Å². The van der Waals surface area contributed by atoms with Crippen molar-refractivity contribution < 1.29 is 22.8 Å². The van der Waals surface area contributed by atoms with Gasteiger partial charge in [-0.3, -0.25) is 9.59 Å². The number of amides is 2. The van der Waals surface area contributed by atoms with Crippen LogP contribution < -0.4 is 4.90 Å². The van der Waals surface area contributed by atoms with Crippen LogP contribution in [0.1, 0.15) is 26.3 Å².